The lowest BCUT2D eigenvalue weighted by Gasteiger charge is -2.27. The second-order valence-corrected chi connectivity index (χ2v) is 7.37. The number of fused-ring (bicyclic) bond motifs is 2. The minimum absolute atomic E-state index is 0.102. The van der Waals surface area contributed by atoms with Gasteiger partial charge in [0.1, 0.15) is 17.1 Å². The number of aryl methyl sites for hydroxylation is 1. The van der Waals surface area contributed by atoms with Gasteiger partial charge in [0.2, 0.25) is 12.1 Å². The van der Waals surface area contributed by atoms with Gasteiger partial charge in [-0.1, -0.05) is 41.4 Å². The van der Waals surface area contributed by atoms with E-state index in [1.54, 1.807) is 18.5 Å². The van der Waals surface area contributed by atoms with E-state index in [2.05, 4.69) is 36.1 Å². The van der Waals surface area contributed by atoms with Gasteiger partial charge in [-0.15, -0.1) is 0 Å². The van der Waals surface area contributed by atoms with Crippen molar-refractivity contribution in [3.8, 4) is 17.4 Å². The normalized spacial score (nSPS) is 15.0. The lowest BCUT2D eigenvalue weighted by atomic mass is 9.83. The Morgan fingerprint density at radius 3 is 2.71 bits per heavy atom. The molecule has 0 unspecified atom stereocenters. The molecule has 0 fully saturated rings. The van der Waals surface area contributed by atoms with E-state index in [-0.39, 0.29) is 11.7 Å². The van der Waals surface area contributed by atoms with E-state index in [4.69, 9.17) is 10.5 Å². The van der Waals surface area contributed by atoms with Crippen LogP contribution in [-0.4, -0.2) is 35.6 Å². The molecule has 1 aromatic heterocycles. The maximum absolute atomic E-state index is 9.90. The van der Waals surface area contributed by atoms with Crippen molar-refractivity contribution in [1.82, 2.24) is 9.88 Å². The Morgan fingerprint density at radius 1 is 1.18 bits per heavy atom. The lowest BCUT2D eigenvalue weighted by Crippen LogP contribution is -2.40. The summed E-state index contributed by atoms with van der Waals surface area (Å²) in [5.41, 5.74) is 9.57. The van der Waals surface area contributed by atoms with Gasteiger partial charge in [0.15, 0.2) is 0 Å². The van der Waals surface area contributed by atoms with Crippen LogP contribution < -0.4 is 15.0 Å². The smallest absolute Gasteiger partial charge is 0.306 e. The molecule has 4 rings (SSSR count). The molecule has 144 valence electrons. The highest BCUT2D eigenvalue weighted by Gasteiger charge is 2.36. The molecule has 6 nitrogen and oxygen atoms in total. The fraction of sp³-hybridized carbons (Fsp3) is 0.273. The fourth-order valence-corrected chi connectivity index (χ4v) is 3.71. The van der Waals surface area contributed by atoms with Crippen molar-refractivity contribution in [2.45, 2.75) is 18.9 Å². The highest BCUT2D eigenvalue weighted by atomic mass is 16.5. The van der Waals surface area contributed by atoms with Crippen LogP contribution in [0.2, 0.25) is 0 Å². The van der Waals surface area contributed by atoms with E-state index >= 15 is 0 Å². The average Bonchev–Trinajstić information content (AvgIpc) is 2.68. The molecular formula is C22H25N4O2+. The van der Waals surface area contributed by atoms with Crippen LogP contribution in [0, 0.1) is 0 Å². The third-order valence-electron chi connectivity index (χ3n) is 5.07. The molecule has 0 bridgehead atoms. The first-order valence-corrected chi connectivity index (χ1v) is 9.43. The molecule has 0 saturated carbocycles. The Bertz CT molecular complexity index is 989. The summed E-state index contributed by atoms with van der Waals surface area (Å²) in [7, 11) is 4.12. The number of aromatic hydroxyl groups is 1. The van der Waals surface area contributed by atoms with Gasteiger partial charge in [-0.05, 0) is 32.1 Å². The Morgan fingerprint density at radius 2 is 1.96 bits per heavy atom. The molecule has 3 N–H and O–H groups in total. The number of rotatable bonds is 5. The molecule has 2 aromatic carbocycles. The Balaban J connectivity index is 1.82. The third kappa shape index (κ3) is 3.39. The van der Waals surface area contributed by atoms with E-state index in [0.29, 0.717) is 17.4 Å². The summed E-state index contributed by atoms with van der Waals surface area (Å²) < 4.78 is 8.01. The van der Waals surface area contributed by atoms with Crippen molar-refractivity contribution in [1.29, 1.82) is 0 Å². The number of aromatic nitrogens is 2. The van der Waals surface area contributed by atoms with Gasteiger partial charge < -0.3 is 20.5 Å². The zero-order valence-electron chi connectivity index (χ0n) is 16.2. The molecule has 0 spiro atoms. The van der Waals surface area contributed by atoms with Gasteiger partial charge in [0.05, 0.1) is 12.5 Å². The minimum atomic E-state index is -0.102. The third-order valence-corrected chi connectivity index (χ3v) is 5.07. The summed E-state index contributed by atoms with van der Waals surface area (Å²) in [4.78, 5) is 6.70. The molecule has 1 aliphatic rings. The standard InChI is InChI=1S/C22H24N4O2/c1-25(2)11-6-12-26-14-24-22-20(21(26)23)19(15-7-4-3-5-8-15)17-10-9-16(27)13-18(17)28-22/h3-5,7-10,13-14,19,23,27H,6,11-12H2,1-2H3/p+1/t19-/m1/s1. The van der Waals surface area contributed by atoms with Crippen molar-refractivity contribution in [2.75, 3.05) is 26.4 Å². The highest BCUT2D eigenvalue weighted by molar-refractivity contribution is 5.62. The van der Waals surface area contributed by atoms with Crippen LogP contribution in [0.15, 0.2) is 54.9 Å². The SMILES string of the molecule is CN(C)CCC[n+]1cnc2c(c1N)[C@H](c1ccccc1)c1ccc(O)cc1O2. The Hall–Kier alpha value is -3.12. The Kier molecular flexibility index (Phi) is 4.88. The number of hydrogen-bond donors (Lipinski definition) is 2. The second-order valence-electron chi connectivity index (χ2n) is 7.37. The fourth-order valence-electron chi connectivity index (χ4n) is 3.71. The van der Waals surface area contributed by atoms with Gasteiger partial charge in [-0.25, -0.2) is 4.57 Å². The van der Waals surface area contributed by atoms with Crippen molar-refractivity contribution in [2.24, 2.45) is 0 Å². The van der Waals surface area contributed by atoms with E-state index in [1.807, 2.05) is 28.8 Å². The van der Waals surface area contributed by atoms with E-state index in [1.165, 1.54) is 0 Å². The Labute approximate surface area is 164 Å². The predicted octanol–water partition coefficient (Wildman–Crippen LogP) is 2.89. The molecule has 0 amide bonds. The summed E-state index contributed by atoms with van der Waals surface area (Å²) in [5, 5.41) is 9.90. The quantitative estimate of drug-likeness (QED) is 0.523. The molecule has 0 radical (unpaired) electrons. The maximum Gasteiger partial charge on any atom is 0.306 e. The number of ether oxygens (including phenoxy) is 1. The zero-order chi connectivity index (χ0) is 19.7. The topological polar surface area (TPSA) is 75.5 Å². The average molecular weight is 377 g/mol. The van der Waals surface area contributed by atoms with Gasteiger partial charge >= 0.3 is 5.88 Å². The van der Waals surface area contributed by atoms with Crippen LogP contribution in [-0.2, 0) is 6.54 Å². The first-order valence-electron chi connectivity index (χ1n) is 9.43. The molecule has 0 saturated heterocycles. The number of nitrogen functional groups attached to an aromatic ring is 1. The largest absolute Gasteiger partial charge is 0.508 e. The van der Waals surface area contributed by atoms with Crippen molar-refractivity contribution >= 4 is 5.82 Å². The summed E-state index contributed by atoms with van der Waals surface area (Å²) in [5.74, 6) is 1.83. The number of benzene rings is 2. The van der Waals surface area contributed by atoms with Gasteiger partial charge in [-0.2, -0.15) is 0 Å². The maximum atomic E-state index is 9.90. The molecule has 0 aliphatic carbocycles. The zero-order valence-corrected chi connectivity index (χ0v) is 16.2. The van der Waals surface area contributed by atoms with Gasteiger partial charge in [0.25, 0.3) is 0 Å². The van der Waals surface area contributed by atoms with Crippen molar-refractivity contribution < 1.29 is 14.4 Å². The molecule has 28 heavy (non-hydrogen) atoms. The second kappa shape index (κ2) is 7.48. The molecule has 2 heterocycles. The lowest BCUT2D eigenvalue weighted by molar-refractivity contribution is -0.686. The molecule has 3 aromatic rings. The van der Waals surface area contributed by atoms with Gasteiger partial charge in [0, 0.05) is 18.2 Å². The molecule has 1 atom stereocenters. The summed E-state index contributed by atoms with van der Waals surface area (Å²) in [6.07, 6.45) is 2.71. The van der Waals surface area contributed by atoms with Crippen LogP contribution >= 0.6 is 0 Å². The van der Waals surface area contributed by atoms with Crippen LogP contribution in [0.25, 0.3) is 0 Å². The molecular weight excluding hydrogens is 352 g/mol. The summed E-state index contributed by atoms with van der Waals surface area (Å²) in [6.45, 7) is 1.76. The van der Waals surface area contributed by atoms with E-state index in [9.17, 15) is 5.11 Å². The first kappa shape index (κ1) is 18.3. The van der Waals surface area contributed by atoms with Crippen LogP contribution in [0.3, 0.4) is 0 Å². The van der Waals surface area contributed by atoms with E-state index in [0.717, 1.165) is 36.2 Å². The summed E-state index contributed by atoms with van der Waals surface area (Å²) in [6, 6.07) is 15.4. The number of nitrogens with two attached hydrogens (primary N) is 1. The predicted molar refractivity (Wildman–Crippen MR) is 108 cm³/mol. The number of anilines is 1. The van der Waals surface area contributed by atoms with Crippen LogP contribution in [0.4, 0.5) is 5.82 Å². The monoisotopic (exact) mass is 377 g/mol. The molecule has 6 heteroatoms. The van der Waals surface area contributed by atoms with Crippen LogP contribution in [0.5, 0.6) is 17.4 Å². The van der Waals surface area contributed by atoms with E-state index < -0.39 is 0 Å². The number of hydrogen-bond acceptors (Lipinski definition) is 5. The molecule has 1 aliphatic heterocycles. The number of nitrogens with zero attached hydrogens (tertiary/aromatic N) is 3. The summed E-state index contributed by atoms with van der Waals surface area (Å²) >= 11 is 0. The number of phenolic OH excluding ortho intramolecular Hbond substituents is 1. The first-order chi connectivity index (χ1) is 13.5. The van der Waals surface area contributed by atoms with Crippen LogP contribution in [0.1, 0.15) is 29.0 Å². The highest BCUT2D eigenvalue weighted by Crippen LogP contribution is 2.48. The number of phenols is 1. The van der Waals surface area contributed by atoms with Crippen molar-refractivity contribution in [3.63, 3.8) is 0 Å². The van der Waals surface area contributed by atoms with Crippen molar-refractivity contribution in [3.05, 3.63) is 71.5 Å². The van der Waals surface area contributed by atoms with Gasteiger partial charge in [-0.3, -0.25) is 0 Å². The minimum Gasteiger partial charge on any atom is -0.508 e.